The number of carboxylic acid groups (broad SMARTS) is 3. The van der Waals surface area contributed by atoms with E-state index in [0.717, 1.165) is 0 Å². The average molecular weight is 883 g/mol. The molecule has 60 heavy (non-hydrogen) atoms. The number of aliphatic carboxylic acids is 3. The first-order valence-corrected chi connectivity index (χ1v) is 17.8. The van der Waals surface area contributed by atoms with Crippen LogP contribution in [0, 0.1) is 0 Å². The predicted molar refractivity (Wildman–Crippen MR) is 179 cm³/mol. The van der Waals surface area contributed by atoms with Gasteiger partial charge in [-0.05, 0) is 0 Å². The van der Waals surface area contributed by atoms with Crippen molar-refractivity contribution in [1.82, 2.24) is 10.6 Å². The third-order valence-electron chi connectivity index (χ3n) is 10.0. The second-order valence-electron chi connectivity index (χ2n) is 14.2. The lowest BCUT2D eigenvalue weighted by Gasteiger charge is -2.50. The van der Waals surface area contributed by atoms with E-state index in [1.165, 1.54) is 0 Å². The van der Waals surface area contributed by atoms with E-state index >= 15 is 0 Å². The molecule has 3 fully saturated rings. The van der Waals surface area contributed by atoms with Crippen LogP contribution < -0.4 is 10.6 Å². The molecule has 29 nitrogen and oxygen atoms in total. The zero-order valence-electron chi connectivity index (χ0n) is 31.0. The van der Waals surface area contributed by atoms with Gasteiger partial charge in [0.15, 0.2) is 0 Å². The molecule has 346 valence electrons. The highest BCUT2D eigenvalue weighted by Gasteiger charge is 2.61. The van der Waals surface area contributed by atoms with Gasteiger partial charge in [-0.15, -0.1) is 0 Å². The summed E-state index contributed by atoms with van der Waals surface area (Å²) < 4.78 is 26.7. The minimum absolute atomic E-state index is 1.16. The Kier molecular flexibility index (Phi) is 17.5. The Morgan fingerprint density at radius 1 is 0.567 bits per heavy atom. The maximum Gasteiger partial charge on any atom is 0.364 e. The summed E-state index contributed by atoms with van der Waals surface area (Å²) >= 11 is 0. The summed E-state index contributed by atoms with van der Waals surface area (Å²) in [5, 5.41) is 179. The summed E-state index contributed by atoms with van der Waals surface area (Å²) in [5.41, 5.74) is 0. The van der Waals surface area contributed by atoms with Crippen molar-refractivity contribution in [2.24, 2.45) is 0 Å². The highest BCUT2D eigenvalue weighted by molar-refractivity contribution is 5.79. The standard InChI is InChI=1S/C31H50N2O27/c34-4-12(42)20(46)25-19(45)11(41)3-31(60-25,28(53)54)57-14(6-36)22(48)24-18(33-16(44)8-38)10(40)2-30(59-24,27(51)52)56-13(5-35)21(47)23-17(32-15(43)7-37)9(39)1-29(55,58-23)26(49)50/h9-14,17-25,34-42,45-48,55H,1-8H2,(H,32,43)(H,33,44)(H,49,50)(H,51,52)(H,53,54)/t9-,10-,11-,12+,13+,14+,17+,18+,19+,20+,21+,22+,23+,24+,25+,29+,30+,31+/m0/s1. The van der Waals surface area contributed by atoms with Gasteiger partial charge in [0.25, 0.3) is 17.4 Å². The van der Waals surface area contributed by atoms with Crippen LogP contribution in [-0.2, 0) is 47.7 Å². The maximum atomic E-state index is 13.0. The highest BCUT2D eigenvalue weighted by Crippen LogP contribution is 2.39. The Hall–Kier alpha value is -3.41. The first kappa shape index (κ1) is 50.9. The number of hydrogen-bond donors (Lipinski definition) is 19. The smallest absolute Gasteiger partial charge is 0.364 e. The van der Waals surface area contributed by atoms with Crippen molar-refractivity contribution in [1.29, 1.82) is 0 Å². The molecule has 3 heterocycles. The third-order valence-corrected chi connectivity index (χ3v) is 10.0. The molecule has 18 atom stereocenters. The summed E-state index contributed by atoms with van der Waals surface area (Å²) in [6, 6.07) is -4.00. The number of carbonyl (C=O) groups is 5. The molecule has 0 unspecified atom stereocenters. The Morgan fingerprint density at radius 2 is 0.967 bits per heavy atom. The van der Waals surface area contributed by atoms with Gasteiger partial charge in [-0.2, -0.15) is 0 Å². The summed E-state index contributed by atoms with van der Waals surface area (Å²) in [6.07, 6.45) is -34.2. The van der Waals surface area contributed by atoms with Gasteiger partial charge in [-0.3, -0.25) is 9.59 Å². The molecule has 3 rings (SSSR count). The molecule has 0 aromatic heterocycles. The van der Waals surface area contributed by atoms with Crippen molar-refractivity contribution in [3.05, 3.63) is 0 Å². The second-order valence-corrected chi connectivity index (χ2v) is 14.2. The van der Waals surface area contributed by atoms with Crippen LogP contribution in [0.5, 0.6) is 0 Å². The first-order valence-electron chi connectivity index (χ1n) is 17.8. The monoisotopic (exact) mass is 882 g/mol. The fourth-order valence-corrected chi connectivity index (χ4v) is 6.88. The molecule has 0 aliphatic carbocycles. The fraction of sp³-hybridized carbons (Fsp3) is 0.839. The van der Waals surface area contributed by atoms with Crippen molar-refractivity contribution < 1.29 is 134 Å². The predicted octanol–water partition coefficient (Wildman–Crippen LogP) is -11.7. The number of hydrogen-bond acceptors (Lipinski definition) is 24. The van der Waals surface area contributed by atoms with Crippen LogP contribution in [-0.4, -0.2) is 258 Å². The van der Waals surface area contributed by atoms with Crippen molar-refractivity contribution in [3.8, 4) is 0 Å². The lowest BCUT2D eigenvalue weighted by atomic mass is 9.87. The average Bonchev–Trinajstić information content (AvgIpc) is 3.20. The number of carboxylic acids is 3. The van der Waals surface area contributed by atoms with Crippen LogP contribution in [0.4, 0.5) is 0 Å². The lowest BCUT2D eigenvalue weighted by molar-refractivity contribution is -0.361. The minimum atomic E-state index is -3.44. The minimum Gasteiger partial charge on any atom is -0.477 e. The van der Waals surface area contributed by atoms with E-state index in [0.29, 0.717) is 0 Å². The molecule has 19 N–H and O–H groups in total. The van der Waals surface area contributed by atoms with E-state index in [1.807, 2.05) is 10.6 Å². The Labute approximate surface area is 336 Å². The number of ether oxygens (including phenoxy) is 5. The first-order chi connectivity index (χ1) is 27.9. The van der Waals surface area contributed by atoms with Crippen LogP contribution in [0.1, 0.15) is 19.3 Å². The molecular formula is C31H50N2O27. The number of rotatable bonds is 20. The van der Waals surface area contributed by atoms with E-state index in [-0.39, 0.29) is 0 Å². The van der Waals surface area contributed by atoms with Crippen LogP contribution >= 0.6 is 0 Å². The zero-order chi connectivity index (χ0) is 45.7. The van der Waals surface area contributed by atoms with Gasteiger partial charge >= 0.3 is 17.9 Å². The second kappa shape index (κ2) is 20.6. The maximum absolute atomic E-state index is 13.0. The topological polar surface area (TPSA) is 499 Å². The van der Waals surface area contributed by atoms with E-state index in [2.05, 4.69) is 0 Å². The van der Waals surface area contributed by atoms with Crippen molar-refractivity contribution in [3.63, 3.8) is 0 Å². The van der Waals surface area contributed by atoms with E-state index < -0.39 is 191 Å². The van der Waals surface area contributed by atoms with Gasteiger partial charge in [0.2, 0.25) is 11.8 Å². The summed E-state index contributed by atoms with van der Waals surface area (Å²) in [5.74, 6) is -19.2. The van der Waals surface area contributed by atoms with Gasteiger partial charge in [-0.1, -0.05) is 0 Å². The SMILES string of the molecule is O=C(CO)N[C@H]1[C@H]([C@H](O)[C@@H](CO)O[C@]2(C(=O)O)C[C@H](O)[C@@H](O)[C@H]([C@H](O)[C@H](O)CO)O2)O[C@@](O[C@H](CO)[C@@H](O)[C@@H]2O[C@@](O)(C(=O)O)C[C@H](O)[C@H]2NC(=O)CO)(C(=O)O)C[C@@H]1O. The Balaban J connectivity index is 2.09. The molecule has 0 aromatic carbocycles. The van der Waals surface area contributed by atoms with Gasteiger partial charge in [0.05, 0.1) is 50.2 Å². The van der Waals surface area contributed by atoms with Gasteiger partial charge < -0.3 is 121 Å². The summed E-state index contributed by atoms with van der Waals surface area (Å²) in [4.78, 5) is 61.8. The van der Waals surface area contributed by atoms with Crippen molar-refractivity contribution in [2.45, 2.75) is 128 Å². The molecule has 0 saturated carbocycles. The van der Waals surface area contributed by atoms with Gasteiger partial charge in [0.1, 0.15) is 74.3 Å². The van der Waals surface area contributed by atoms with Crippen LogP contribution in [0.3, 0.4) is 0 Å². The van der Waals surface area contributed by atoms with E-state index in [9.17, 15) is 111 Å². The Morgan fingerprint density at radius 3 is 1.35 bits per heavy atom. The highest BCUT2D eigenvalue weighted by atomic mass is 16.8. The van der Waals surface area contributed by atoms with Gasteiger partial charge in [0, 0.05) is 19.3 Å². The van der Waals surface area contributed by atoms with E-state index in [1.54, 1.807) is 0 Å². The number of nitrogens with one attached hydrogen (secondary N) is 2. The van der Waals surface area contributed by atoms with Crippen molar-refractivity contribution in [2.75, 3.05) is 33.0 Å². The zero-order valence-corrected chi connectivity index (χ0v) is 31.0. The molecule has 2 amide bonds. The van der Waals surface area contributed by atoms with Crippen LogP contribution in [0.15, 0.2) is 0 Å². The number of carbonyl (C=O) groups excluding carboxylic acids is 2. The number of aliphatic hydroxyl groups is 14. The molecule has 0 aromatic rings. The van der Waals surface area contributed by atoms with Gasteiger partial charge in [-0.25, -0.2) is 14.4 Å². The molecule has 3 aliphatic rings. The van der Waals surface area contributed by atoms with Crippen molar-refractivity contribution >= 4 is 29.7 Å². The lowest BCUT2D eigenvalue weighted by Crippen LogP contribution is -2.71. The normalized spacial score (nSPS) is 37.7. The molecule has 3 saturated heterocycles. The van der Waals surface area contributed by atoms with Crippen LogP contribution in [0.25, 0.3) is 0 Å². The molecular weight excluding hydrogens is 832 g/mol. The molecule has 0 bridgehead atoms. The molecule has 0 radical (unpaired) electrons. The quantitative estimate of drug-likeness (QED) is 0.0540. The molecule has 29 heteroatoms. The largest absolute Gasteiger partial charge is 0.477 e. The molecule has 3 aliphatic heterocycles. The summed E-state index contributed by atoms with van der Waals surface area (Å²) in [6.45, 7) is -6.73. The number of aliphatic hydroxyl groups excluding tert-OH is 13. The summed E-state index contributed by atoms with van der Waals surface area (Å²) in [7, 11) is 0. The molecule has 0 spiro atoms. The number of amides is 2. The van der Waals surface area contributed by atoms with Crippen LogP contribution in [0.2, 0.25) is 0 Å². The van der Waals surface area contributed by atoms with E-state index in [4.69, 9.17) is 23.7 Å². The fourth-order valence-electron chi connectivity index (χ4n) is 6.88. The third kappa shape index (κ3) is 10.8. The Bertz CT molecular complexity index is 1510.